The van der Waals surface area contributed by atoms with Crippen LogP contribution in [0.4, 0.5) is 0 Å². The highest BCUT2D eigenvalue weighted by atomic mass is 32.1. The van der Waals surface area contributed by atoms with Crippen LogP contribution in [0, 0.1) is 18.6 Å². The van der Waals surface area contributed by atoms with Gasteiger partial charge in [0.15, 0.2) is 4.77 Å². The van der Waals surface area contributed by atoms with Gasteiger partial charge in [0.2, 0.25) is 0 Å². The number of nitrogens with one attached hydrogen (secondary N) is 1. The first-order valence-electron chi connectivity index (χ1n) is 7.84. The normalized spacial score (nSPS) is 15.0. The van der Waals surface area contributed by atoms with E-state index in [1.807, 2.05) is 6.20 Å². The number of H-pyrrole nitrogens is 1. The molecule has 3 aromatic heterocycles. The van der Waals surface area contributed by atoms with Crippen molar-refractivity contribution in [1.82, 2.24) is 24.3 Å². The lowest BCUT2D eigenvalue weighted by Gasteiger charge is -2.28. The Hall–Kier alpha value is -2.05. The molecule has 0 radical (unpaired) electrons. The Morgan fingerprint density at radius 3 is 3.04 bits per heavy atom. The molecular weight excluding hydrogens is 306 g/mol. The number of pyridine rings is 1. The van der Waals surface area contributed by atoms with Crippen LogP contribution in [0.2, 0.25) is 0 Å². The van der Waals surface area contributed by atoms with Gasteiger partial charge in [0.25, 0.3) is 0 Å². The summed E-state index contributed by atoms with van der Waals surface area (Å²) in [6.07, 6.45) is 5.06. The molecule has 4 rings (SSSR count). The van der Waals surface area contributed by atoms with Crippen LogP contribution in [-0.2, 0) is 19.5 Å². The molecule has 0 bridgehead atoms. The van der Waals surface area contributed by atoms with Crippen molar-refractivity contribution in [3.8, 4) is 0 Å². The molecule has 3 aromatic rings. The third-order valence-corrected chi connectivity index (χ3v) is 4.70. The number of aryl methyl sites for hydroxylation is 2. The number of imidazole rings is 1. The molecule has 0 fully saturated rings. The van der Waals surface area contributed by atoms with Crippen LogP contribution in [0.3, 0.4) is 0 Å². The Bertz CT molecular complexity index is 940. The van der Waals surface area contributed by atoms with E-state index in [2.05, 4.69) is 56.4 Å². The van der Waals surface area contributed by atoms with Crippen molar-refractivity contribution >= 4 is 17.9 Å². The number of nitrogens with zero attached hydrogens (tertiary/aromatic N) is 4. The summed E-state index contributed by atoms with van der Waals surface area (Å²) in [5.41, 5.74) is 7.11. The van der Waals surface area contributed by atoms with Gasteiger partial charge < -0.3 is 9.38 Å². The lowest BCUT2D eigenvalue weighted by Crippen LogP contribution is -2.31. The number of aromatic amines is 1. The summed E-state index contributed by atoms with van der Waals surface area (Å²) in [4.78, 5) is 14.6. The van der Waals surface area contributed by atoms with Crippen LogP contribution >= 0.6 is 12.2 Å². The molecule has 1 N–H and O–H groups in total. The molecule has 0 aliphatic carbocycles. The van der Waals surface area contributed by atoms with Gasteiger partial charge in [-0.3, -0.25) is 4.90 Å². The second-order valence-electron chi connectivity index (χ2n) is 6.23. The van der Waals surface area contributed by atoms with Gasteiger partial charge in [-0.1, -0.05) is 6.07 Å². The smallest absolute Gasteiger partial charge is 0.196 e. The first kappa shape index (κ1) is 14.5. The van der Waals surface area contributed by atoms with Crippen LogP contribution < -0.4 is 0 Å². The van der Waals surface area contributed by atoms with E-state index >= 15 is 0 Å². The van der Waals surface area contributed by atoms with Crippen molar-refractivity contribution < 1.29 is 0 Å². The van der Waals surface area contributed by atoms with E-state index in [-0.39, 0.29) is 0 Å². The molecule has 0 amide bonds. The predicted molar refractivity (Wildman–Crippen MR) is 91.9 cm³/mol. The lowest BCUT2D eigenvalue weighted by molar-refractivity contribution is 0.239. The van der Waals surface area contributed by atoms with Gasteiger partial charge in [0.05, 0.1) is 11.4 Å². The van der Waals surface area contributed by atoms with Gasteiger partial charge >= 0.3 is 0 Å². The van der Waals surface area contributed by atoms with Gasteiger partial charge in [-0.15, -0.1) is 0 Å². The number of rotatable bonds is 2. The summed E-state index contributed by atoms with van der Waals surface area (Å²) in [6.45, 7) is 7.01. The Kier molecular flexibility index (Phi) is 3.50. The van der Waals surface area contributed by atoms with E-state index in [1.165, 1.54) is 22.5 Å². The molecule has 118 valence electrons. The second-order valence-corrected chi connectivity index (χ2v) is 6.62. The number of aromatic nitrogens is 4. The molecule has 6 heteroatoms. The summed E-state index contributed by atoms with van der Waals surface area (Å²) in [6, 6.07) is 4.19. The van der Waals surface area contributed by atoms with Gasteiger partial charge in [-0.25, -0.2) is 9.97 Å². The molecule has 23 heavy (non-hydrogen) atoms. The average molecular weight is 325 g/mol. The summed E-state index contributed by atoms with van der Waals surface area (Å²) < 4.78 is 2.79. The minimum Gasteiger partial charge on any atom is -0.334 e. The van der Waals surface area contributed by atoms with Crippen LogP contribution in [0.1, 0.15) is 28.2 Å². The molecule has 1 aliphatic rings. The number of hydrogen-bond donors (Lipinski definition) is 1. The van der Waals surface area contributed by atoms with Crippen molar-refractivity contribution in [1.29, 1.82) is 0 Å². The molecule has 0 saturated heterocycles. The maximum Gasteiger partial charge on any atom is 0.196 e. The maximum absolute atomic E-state index is 5.11. The number of hydrogen-bond acceptors (Lipinski definition) is 4. The Balaban J connectivity index is 1.64. The predicted octanol–water partition coefficient (Wildman–Crippen LogP) is 2.96. The van der Waals surface area contributed by atoms with Crippen LogP contribution in [0.5, 0.6) is 0 Å². The Labute approximate surface area is 140 Å². The van der Waals surface area contributed by atoms with E-state index in [0.717, 1.165) is 37.4 Å². The quantitative estimate of drug-likeness (QED) is 0.736. The van der Waals surface area contributed by atoms with Gasteiger partial charge in [-0.2, -0.15) is 0 Å². The SMILES string of the molecule is Cc1ccc2nc(C)c(CN3CCc4[nH]c(=S)ncc4C3)n2c1. The highest BCUT2D eigenvalue weighted by Crippen LogP contribution is 2.20. The first-order chi connectivity index (χ1) is 11.1. The highest BCUT2D eigenvalue weighted by molar-refractivity contribution is 7.71. The largest absolute Gasteiger partial charge is 0.334 e. The summed E-state index contributed by atoms with van der Waals surface area (Å²) in [5, 5.41) is 0. The molecule has 4 heterocycles. The van der Waals surface area contributed by atoms with Crippen LogP contribution in [0.15, 0.2) is 24.5 Å². The minimum absolute atomic E-state index is 0.574. The summed E-state index contributed by atoms with van der Waals surface area (Å²) in [7, 11) is 0. The van der Waals surface area contributed by atoms with Gasteiger partial charge in [0.1, 0.15) is 5.65 Å². The highest BCUT2D eigenvalue weighted by Gasteiger charge is 2.19. The standard InChI is InChI=1S/C17H19N5S/c1-11-3-4-16-19-12(2)15(22(16)8-11)10-21-6-5-14-13(9-21)7-18-17(23)20-14/h3-4,7-8H,5-6,9-10H2,1-2H3,(H,18,20,23). The van der Waals surface area contributed by atoms with Gasteiger partial charge in [-0.05, 0) is 37.7 Å². The van der Waals surface area contributed by atoms with Crippen LogP contribution in [0.25, 0.3) is 5.65 Å². The summed E-state index contributed by atoms with van der Waals surface area (Å²) in [5.74, 6) is 0. The third-order valence-electron chi connectivity index (χ3n) is 4.49. The summed E-state index contributed by atoms with van der Waals surface area (Å²) >= 11 is 5.11. The molecule has 0 aromatic carbocycles. The van der Waals surface area contributed by atoms with E-state index in [0.29, 0.717) is 4.77 Å². The first-order valence-corrected chi connectivity index (χ1v) is 8.24. The zero-order valence-corrected chi connectivity index (χ0v) is 14.2. The molecular formula is C17H19N5S. The fourth-order valence-electron chi connectivity index (χ4n) is 3.26. The average Bonchev–Trinajstić information content (AvgIpc) is 2.83. The molecule has 0 atom stereocenters. The zero-order valence-electron chi connectivity index (χ0n) is 13.3. The Morgan fingerprint density at radius 1 is 1.30 bits per heavy atom. The fraction of sp³-hybridized carbons (Fsp3) is 0.353. The second kappa shape index (κ2) is 5.54. The number of fused-ring (bicyclic) bond motifs is 2. The van der Waals surface area contributed by atoms with E-state index in [4.69, 9.17) is 12.2 Å². The van der Waals surface area contributed by atoms with Crippen molar-refractivity contribution in [2.45, 2.75) is 33.4 Å². The molecule has 5 nitrogen and oxygen atoms in total. The van der Waals surface area contributed by atoms with Crippen LogP contribution in [-0.4, -0.2) is 30.8 Å². The lowest BCUT2D eigenvalue weighted by atomic mass is 10.1. The fourth-order valence-corrected chi connectivity index (χ4v) is 3.44. The van der Waals surface area contributed by atoms with E-state index in [9.17, 15) is 0 Å². The van der Waals surface area contributed by atoms with Crippen molar-refractivity contribution in [3.63, 3.8) is 0 Å². The molecule has 0 unspecified atom stereocenters. The Morgan fingerprint density at radius 2 is 2.17 bits per heavy atom. The maximum atomic E-state index is 5.11. The van der Waals surface area contributed by atoms with E-state index in [1.54, 1.807) is 0 Å². The minimum atomic E-state index is 0.574. The monoisotopic (exact) mass is 325 g/mol. The van der Waals surface area contributed by atoms with Crippen molar-refractivity contribution in [2.24, 2.45) is 0 Å². The zero-order chi connectivity index (χ0) is 16.0. The third kappa shape index (κ3) is 2.68. The van der Waals surface area contributed by atoms with Gasteiger partial charge in [0, 0.05) is 49.7 Å². The van der Waals surface area contributed by atoms with Crippen molar-refractivity contribution in [3.05, 3.63) is 57.5 Å². The van der Waals surface area contributed by atoms with E-state index < -0.39 is 0 Å². The topological polar surface area (TPSA) is 49.2 Å². The van der Waals surface area contributed by atoms with Crippen molar-refractivity contribution in [2.75, 3.05) is 6.54 Å². The molecule has 0 spiro atoms. The molecule has 0 saturated carbocycles. The molecule has 1 aliphatic heterocycles.